The third-order valence-electron chi connectivity index (χ3n) is 8.13. The Morgan fingerprint density at radius 3 is 2.22 bits per heavy atom. The van der Waals surface area contributed by atoms with E-state index < -0.39 is 0 Å². The van der Waals surface area contributed by atoms with Gasteiger partial charge in [0.2, 0.25) is 5.91 Å². The summed E-state index contributed by atoms with van der Waals surface area (Å²) in [6.45, 7) is 11.0. The van der Waals surface area contributed by atoms with Crippen molar-refractivity contribution in [1.82, 2.24) is 25.3 Å². The lowest BCUT2D eigenvalue weighted by Crippen LogP contribution is -2.52. The molecule has 0 unspecified atom stereocenters. The first-order chi connectivity index (χ1) is 15.7. The molecular formula is C25H46N6O. The molecule has 32 heavy (non-hydrogen) atoms. The summed E-state index contributed by atoms with van der Waals surface area (Å²) in [5, 5.41) is 7.15. The van der Waals surface area contributed by atoms with Gasteiger partial charge in [-0.05, 0) is 45.4 Å². The molecule has 0 aromatic carbocycles. The van der Waals surface area contributed by atoms with E-state index in [0.29, 0.717) is 17.9 Å². The molecule has 0 bridgehead atoms. The second-order valence-corrected chi connectivity index (χ2v) is 10.3. The lowest BCUT2D eigenvalue weighted by Gasteiger charge is -2.39. The molecule has 2 aliphatic carbocycles. The Labute approximate surface area is 195 Å². The van der Waals surface area contributed by atoms with Crippen LogP contribution < -0.4 is 10.6 Å². The van der Waals surface area contributed by atoms with Gasteiger partial charge < -0.3 is 20.4 Å². The number of rotatable bonds is 7. The zero-order valence-corrected chi connectivity index (χ0v) is 20.4. The van der Waals surface area contributed by atoms with Crippen LogP contribution in [-0.2, 0) is 4.79 Å². The highest BCUT2D eigenvalue weighted by molar-refractivity contribution is 5.80. The van der Waals surface area contributed by atoms with E-state index in [1.807, 2.05) is 0 Å². The fourth-order valence-corrected chi connectivity index (χ4v) is 5.78. The Morgan fingerprint density at radius 1 is 0.875 bits per heavy atom. The number of carbonyl (C=O) groups excluding carboxylic acids is 1. The smallest absolute Gasteiger partial charge is 0.225 e. The topological polar surface area (TPSA) is 63.2 Å². The molecule has 7 heteroatoms. The van der Waals surface area contributed by atoms with Gasteiger partial charge in [-0.15, -0.1) is 0 Å². The Morgan fingerprint density at radius 2 is 1.59 bits per heavy atom. The van der Waals surface area contributed by atoms with Crippen molar-refractivity contribution in [2.75, 3.05) is 58.9 Å². The van der Waals surface area contributed by atoms with Crippen LogP contribution in [0.5, 0.6) is 0 Å². The molecule has 0 spiro atoms. The van der Waals surface area contributed by atoms with E-state index in [-0.39, 0.29) is 0 Å². The van der Waals surface area contributed by atoms with E-state index in [2.05, 4.69) is 32.3 Å². The first-order valence-corrected chi connectivity index (χ1v) is 13.5. The molecule has 182 valence electrons. The SMILES string of the molecule is CCNC(=NCCN1CCN(C(=O)C2CCC2)CC1)NC1CCN(C2CCCCC2)CC1. The number of aliphatic imine (C=N–C) groups is 1. The van der Waals surface area contributed by atoms with E-state index >= 15 is 0 Å². The highest BCUT2D eigenvalue weighted by atomic mass is 16.2. The largest absolute Gasteiger partial charge is 0.357 e. The minimum atomic E-state index is 0.328. The molecule has 2 aliphatic heterocycles. The highest BCUT2D eigenvalue weighted by Crippen LogP contribution is 2.28. The van der Waals surface area contributed by atoms with Gasteiger partial charge in [-0.3, -0.25) is 14.7 Å². The summed E-state index contributed by atoms with van der Waals surface area (Å²) in [4.78, 5) is 24.6. The van der Waals surface area contributed by atoms with E-state index in [1.54, 1.807) is 0 Å². The number of hydrogen-bond donors (Lipinski definition) is 2. The van der Waals surface area contributed by atoms with Crippen LogP contribution in [0, 0.1) is 5.92 Å². The van der Waals surface area contributed by atoms with Gasteiger partial charge in [0.1, 0.15) is 0 Å². The molecule has 2 saturated carbocycles. The van der Waals surface area contributed by atoms with Gasteiger partial charge >= 0.3 is 0 Å². The van der Waals surface area contributed by atoms with Gasteiger partial charge in [0, 0.05) is 70.4 Å². The zero-order chi connectivity index (χ0) is 22.2. The summed E-state index contributed by atoms with van der Waals surface area (Å²) in [7, 11) is 0. The van der Waals surface area contributed by atoms with Gasteiger partial charge in [0.05, 0.1) is 6.54 Å². The van der Waals surface area contributed by atoms with Crippen molar-refractivity contribution in [3.8, 4) is 0 Å². The summed E-state index contributed by atoms with van der Waals surface area (Å²) in [6, 6.07) is 1.38. The van der Waals surface area contributed by atoms with Crippen LogP contribution in [0.15, 0.2) is 4.99 Å². The van der Waals surface area contributed by atoms with Crippen LogP contribution in [0.3, 0.4) is 0 Å². The summed E-state index contributed by atoms with van der Waals surface area (Å²) < 4.78 is 0. The maximum atomic E-state index is 12.4. The number of piperidine rings is 1. The van der Waals surface area contributed by atoms with Gasteiger partial charge in [-0.25, -0.2) is 0 Å². The predicted molar refractivity (Wildman–Crippen MR) is 131 cm³/mol. The van der Waals surface area contributed by atoms with Crippen LogP contribution in [0.25, 0.3) is 0 Å². The van der Waals surface area contributed by atoms with Crippen molar-refractivity contribution in [3.05, 3.63) is 0 Å². The minimum absolute atomic E-state index is 0.328. The molecule has 0 aromatic rings. The van der Waals surface area contributed by atoms with E-state index in [4.69, 9.17) is 4.99 Å². The highest BCUT2D eigenvalue weighted by Gasteiger charge is 2.31. The minimum Gasteiger partial charge on any atom is -0.357 e. The van der Waals surface area contributed by atoms with Gasteiger partial charge in [-0.1, -0.05) is 25.7 Å². The van der Waals surface area contributed by atoms with Crippen LogP contribution in [0.2, 0.25) is 0 Å². The zero-order valence-electron chi connectivity index (χ0n) is 20.4. The first kappa shape index (κ1) is 23.8. The van der Waals surface area contributed by atoms with Crippen molar-refractivity contribution < 1.29 is 4.79 Å². The standard InChI is InChI=1S/C25H46N6O/c1-2-26-25(28-22-11-14-30(15-12-22)23-9-4-3-5-10-23)27-13-16-29-17-19-31(20-18-29)24(32)21-7-6-8-21/h21-23H,2-20H2,1H3,(H2,26,27,28). The summed E-state index contributed by atoms with van der Waals surface area (Å²) >= 11 is 0. The fraction of sp³-hybridized carbons (Fsp3) is 0.920. The Balaban J connectivity index is 1.15. The third kappa shape index (κ3) is 6.60. The van der Waals surface area contributed by atoms with Gasteiger partial charge in [0.25, 0.3) is 0 Å². The number of nitrogens with one attached hydrogen (secondary N) is 2. The van der Waals surface area contributed by atoms with E-state index in [0.717, 1.165) is 70.7 Å². The number of likely N-dealkylation sites (tertiary alicyclic amines) is 1. The van der Waals surface area contributed by atoms with Crippen molar-refractivity contribution >= 4 is 11.9 Å². The first-order valence-electron chi connectivity index (χ1n) is 13.5. The fourth-order valence-electron chi connectivity index (χ4n) is 5.78. The Kier molecular flexibility index (Phi) is 9.09. The van der Waals surface area contributed by atoms with Crippen LogP contribution in [0.4, 0.5) is 0 Å². The van der Waals surface area contributed by atoms with Crippen LogP contribution in [0.1, 0.15) is 71.1 Å². The molecule has 0 aromatic heterocycles. The maximum Gasteiger partial charge on any atom is 0.225 e. The lowest BCUT2D eigenvalue weighted by molar-refractivity contribution is -0.139. The van der Waals surface area contributed by atoms with Crippen molar-refractivity contribution in [3.63, 3.8) is 0 Å². The molecule has 7 nitrogen and oxygen atoms in total. The number of hydrogen-bond acceptors (Lipinski definition) is 4. The normalized spacial score (nSPS) is 25.5. The number of guanidine groups is 1. The summed E-state index contributed by atoms with van der Waals surface area (Å²) in [5.41, 5.74) is 0. The maximum absolute atomic E-state index is 12.4. The summed E-state index contributed by atoms with van der Waals surface area (Å²) in [5.74, 6) is 1.71. The van der Waals surface area contributed by atoms with Gasteiger partial charge in [0.15, 0.2) is 5.96 Å². The molecule has 0 atom stereocenters. The summed E-state index contributed by atoms with van der Waals surface area (Å²) in [6.07, 6.45) is 13.0. The molecule has 4 fully saturated rings. The Bertz CT molecular complexity index is 600. The van der Waals surface area contributed by atoms with E-state index in [9.17, 15) is 4.79 Å². The molecule has 0 radical (unpaired) electrons. The monoisotopic (exact) mass is 446 g/mol. The van der Waals surface area contributed by atoms with Crippen LogP contribution >= 0.6 is 0 Å². The van der Waals surface area contributed by atoms with E-state index in [1.165, 1.54) is 64.5 Å². The predicted octanol–water partition coefficient (Wildman–Crippen LogP) is 2.28. The second-order valence-electron chi connectivity index (χ2n) is 10.3. The average molecular weight is 447 g/mol. The van der Waals surface area contributed by atoms with Crippen molar-refractivity contribution in [2.24, 2.45) is 10.9 Å². The van der Waals surface area contributed by atoms with Gasteiger partial charge in [-0.2, -0.15) is 0 Å². The molecule has 2 N–H and O–H groups in total. The number of nitrogens with zero attached hydrogens (tertiary/aromatic N) is 4. The molecule has 2 saturated heterocycles. The molecule has 4 rings (SSSR count). The molecular weight excluding hydrogens is 400 g/mol. The molecule has 4 aliphatic rings. The van der Waals surface area contributed by atoms with Crippen molar-refractivity contribution in [1.29, 1.82) is 0 Å². The average Bonchev–Trinajstić information content (AvgIpc) is 2.79. The quantitative estimate of drug-likeness (QED) is 0.464. The molecule has 2 heterocycles. The Hall–Kier alpha value is -1.34. The lowest BCUT2D eigenvalue weighted by atomic mass is 9.84. The van der Waals surface area contributed by atoms with Crippen molar-refractivity contribution in [2.45, 2.75) is 83.2 Å². The number of amides is 1. The van der Waals surface area contributed by atoms with Crippen LogP contribution in [-0.4, -0.2) is 97.6 Å². The number of carbonyl (C=O) groups is 1. The molecule has 1 amide bonds. The number of piperazine rings is 1. The third-order valence-corrected chi connectivity index (χ3v) is 8.13. The second kappa shape index (κ2) is 12.2.